The number of phenols is 3. The van der Waals surface area contributed by atoms with Crippen molar-refractivity contribution in [1.82, 2.24) is 9.97 Å². The molecule has 2 aliphatic heterocycles. The number of imidazole rings is 1. The van der Waals surface area contributed by atoms with Crippen molar-refractivity contribution in [2.75, 3.05) is 24.7 Å². The number of aromatic hydroxyl groups is 3. The average Bonchev–Trinajstić information content (AvgIpc) is 4.02. The summed E-state index contributed by atoms with van der Waals surface area (Å²) in [6, 6.07) is 12.2. The maximum Gasteiger partial charge on any atom is 0.355 e. The number of fused-ring (bicyclic) bond motifs is 6. The SMILES string of the molecule is O=C(C=Cc1ccc(O)c(Cc2cnc[nH]2)c1)N1c2cc(OC3(O)OC(CO)C(O)C(O)C3O)c(O)cc2C2C(C34c5c(O)cccc5CCC3CCCC4CO)C(CCCO)=CC21C(=O)O. The first-order valence-electron chi connectivity index (χ1n) is 22.5. The molecule has 4 aromatic rings. The maximum absolute atomic E-state index is 15.2. The molecule has 9 rings (SSSR count). The molecule has 3 aliphatic carbocycles. The van der Waals surface area contributed by atoms with E-state index in [1.807, 2.05) is 6.07 Å². The summed E-state index contributed by atoms with van der Waals surface area (Å²) in [6.07, 6.45) is 3.12. The van der Waals surface area contributed by atoms with Crippen molar-refractivity contribution >= 4 is 23.6 Å². The number of aliphatic hydroxyl groups excluding tert-OH is 6. The number of rotatable bonds is 13. The average molecular weight is 926 g/mol. The van der Waals surface area contributed by atoms with Gasteiger partial charge in [0.25, 0.3) is 5.91 Å². The Bertz CT molecular complexity index is 2600. The number of amides is 1. The van der Waals surface area contributed by atoms with Crippen molar-refractivity contribution in [1.29, 1.82) is 0 Å². The van der Waals surface area contributed by atoms with Gasteiger partial charge in [-0.05, 0) is 103 Å². The van der Waals surface area contributed by atoms with Crippen LogP contribution in [0.3, 0.4) is 0 Å². The zero-order valence-electron chi connectivity index (χ0n) is 36.3. The van der Waals surface area contributed by atoms with Crippen LogP contribution in [-0.2, 0) is 32.6 Å². The van der Waals surface area contributed by atoms with Crippen LogP contribution >= 0.6 is 0 Å². The number of aromatic amines is 1. The summed E-state index contributed by atoms with van der Waals surface area (Å²) >= 11 is 0. The second kappa shape index (κ2) is 17.7. The number of aliphatic hydroxyl groups is 7. The molecule has 18 heteroatoms. The Morgan fingerprint density at radius 3 is 2.46 bits per heavy atom. The van der Waals surface area contributed by atoms with Crippen LogP contribution in [0, 0.1) is 17.8 Å². The van der Waals surface area contributed by atoms with Crippen LogP contribution < -0.4 is 9.64 Å². The Balaban J connectivity index is 1.25. The Morgan fingerprint density at radius 2 is 1.75 bits per heavy atom. The lowest BCUT2D eigenvalue weighted by Gasteiger charge is -2.58. The number of aromatic nitrogens is 2. The molecule has 67 heavy (non-hydrogen) atoms. The highest BCUT2D eigenvalue weighted by atomic mass is 16.8. The van der Waals surface area contributed by atoms with E-state index in [-0.39, 0.29) is 61.1 Å². The number of aliphatic carboxylic acids is 1. The fourth-order valence-electron chi connectivity index (χ4n) is 12.3. The van der Waals surface area contributed by atoms with Gasteiger partial charge in [0, 0.05) is 72.0 Å². The number of benzene rings is 3. The standard InChI is InChI=1S/C49H55N3O15/c53-15-3-5-27-20-47(46(63)64)42(41(27)48-29(6-2-7-30(48)22-54)12-11-26-4-1-8-35(57)40(26)48)32-18-36(58)37(66-49(65)45(62)44(61)43(60)38(23-55)67-49)19-33(32)52(47)39(59)14-10-25-9-13-34(56)28(16-25)17-31-21-50-24-51-31/h1,4,8-10,13-14,16,18-21,24,29-30,38,41-45,53-58,60-62,65H,2-3,5-7,11-12,15,17,22-23H2,(H,50,51)(H,63,64). The number of carboxylic acid groups (broad SMARTS) is 1. The van der Waals surface area contributed by atoms with E-state index < -0.39 is 89.1 Å². The smallest absolute Gasteiger partial charge is 0.355 e. The van der Waals surface area contributed by atoms with E-state index in [1.54, 1.807) is 30.5 Å². The number of carbonyl (C=O) groups excluding carboxylic acids is 1. The Hall–Kier alpha value is -5.83. The summed E-state index contributed by atoms with van der Waals surface area (Å²) in [7, 11) is 0. The number of nitrogens with zero attached hydrogens (tertiary/aromatic N) is 2. The predicted octanol–water partition coefficient (Wildman–Crippen LogP) is 2.20. The molecule has 1 saturated carbocycles. The van der Waals surface area contributed by atoms with Gasteiger partial charge in [-0.15, -0.1) is 0 Å². The molecule has 5 aliphatic rings. The van der Waals surface area contributed by atoms with E-state index in [1.165, 1.54) is 30.6 Å². The van der Waals surface area contributed by atoms with Gasteiger partial charge in [0.05, 0.1) is 18.6 Å². The van der Waals surface area contributed by atoms with Crippen molar-refractivity contribution in [2.24, 2.45) is 17.8 Å². The number of nitrogens with one attached hydrogen (secondary N) is 1. The lowest BCUT2D eigenvalue weighted by molar-refractivity contribution is -0.422. The largest absolute Gasteiger partial charge is 0.508 e. The second-order valence-corrected chi connectivity index (χ2v) is 18.4. The highest BCUT2D eigenvalue weighted by Gasteiger charge is 2.71. The van der Waals surface area contributed by atoms with Crippen LogP contribution in [0.25, 0.3) is 6.08 Å². The van der Waals surface area contributed by atoms with Crippen molar-refractivity contribution in [3.8, 4) is 23.0 Å². The number of ether oxygens (including phenoxy) is 2. The zero-order chi connectivity index (χ0) is 47.6. The highest BCUT2D eigenvalue weighted by Crippen LogP contribution is 2.70. The van der Waals surface area contributed by atoms with Gasteiger partial charge in [-0.25, -0.2) is 9.78 Å². The number of allylic oxidation sites excluding steroid dienone is 1. The summed E-state index contributed by atoms with van der Waals surface area (Å²) in [6.45, 7) is -1.50. The monoisotopic (exact) mass is 925 g/mol. The summed E-state index contributed by atoms with van der Waals surface area (Å²) in [5, 5.41) is 121. The number of hydrogen-bond donors (Lipinski definition) is 12. The van der Waals surface area contributed by atoms with Gasteiger partial charge >= 0.3 is 11.9 Å². The quantitative estimate of drug-likeness (QED) is 0.0520. The van der Waals surface area contributed by atoms with Crippen LogP contribution in [0.15, 0.2) is 78.8 Å². The molecule has 0 spiro atoms. The third-order valence-corrected chi connectivity index (χ3v) is 15.0. The van der Waals surface area contributed by atoms with Crippen LogP contribution in [0.4, 0.5) is 5.69 Å². The molecule has 11 unspecified atom stereocenters. The molecular weight excluding hydrogens is 871 g/mol. The molecule has 1 aromatic heterocycles. The van der Waals surface area contributed by atoms with Crippen LogP contribution in [-0.4, -0.2) is 134 Å². The number of aryl methyl sites for hydroxylation is 1. The van der Waals surface area contributed by atoms with E-state index >= 15 is 4.79 Å². The lowest BCUT2D eigenvalue weighted by atomic mass is 9.45. The summed E-state index contributed by atoms with van der Waals surface area (Å²) in [5.41, 5.74) is 0.320. The molecular formula is C49H55N3O15. The fourth-order valence-corrected chi connectivity index (χ4v) is 12.3. The number of anilines is 1. The minimum absolute atomic E-state index is 0.0120. The van der Waals surface area contributed by atoms with Crippen LogP contribution in [0.5, 0.6) is 23.0 Å². The van der Waals surface area contributed by atoms with Gasteiger partial charge < -0.3 is 70.6 Å². The van der Waals surface area contributed by atoms with Crippen molar-refractivity contribution in [3.05, 3.63) is 112 Å². The molecule has 1 amide bonds. The van der Waals surface area contributed by atoms with E-state index in [4.69, 9.17) is 9.47 Å². The minimum atomic E-state index is -3.20. The molecule has 2 fully saturated rings. The van der Waals surface area contributed by atoms with E-state index in [9.17, 15) is 61.0 Å². The Morgan fingerprint density at radius 1 is 0.940 bits per heavy atom. The number of carboxylic acids is 1. The number of H-pyrrole nitrogens is 1. The zero-order valence-corrected chi connectivity index (χ0v) is 36.3. The lowest BCUT2D eigenvalue weighted by Crippen LogP contribution is -2.67. The molecule has 18 nitrogen and oxygen atoms in total. The van der Waals surface area contributed by atoms with Gasteiger partial charge in [0.15, 0.2) is 23.1 Å². The number of carbonyl (C=O) groups is 2. The Labute approximate surface area is 384 Å². The molecule has 0 radical (unpaired) electrons. The first kappa shape index (κ1) is 46.3. The number of phenolic OH excluding ortho intramolecular Hbond substituents is 3. The van der Waals surface area contributed by atoms with Gasteiger partial charge in [-0.1, -0.05) is 30.2 Å². The first-order valence-corrected chi connectivity index (χ1v) is 22.5. The van der Waals surface area contributed by atoms with Crippen molar-refractivity contribution in [3.63, 3.8) is 0 Å². The van der Waals surface area contributed by atoms with Crippen LogP contribution in [0.2, 0.25) is 0 Å². The predicted molar refractivity (Wildman–Crippen MR) is 237 cm³/mol. The van der Waals surface area contributed by atoms with Gasteiger partial charge in [0.1, 0.15) is 29.8 Å². The van der Waals surface area contributed by atoms with Crippen molar-refractivity contribution < 1.29 is 75.2 Å². The molecule has 0 bridgehead atoms. The van der Waals surface area contributed by atoms with Crippen LogP contribution in [0.1, 0.15) is 78.0 Å². The van der Waals surface area contributed by atoms with Gasteiger partial charge in [-0.3, -0.25) is 9.69 Å². The van der Waals surface area contributed by atoms with E-state index in [0.717, 1.165) is 29.0 Å². The molecule has 12 N–H and O–H groups in total. The summed E-state index contributed by atoms with van der Waals surface area (Å²) in [4.78, 5) is 37.9. The van der Waals surface area contributed by atoms with Crippen molar-refractivity contribution in [2.45, 2.75) is 98.6 Å². The fraction of sp³-hybridized carbons (Fsp3) is 0.449. The Kier molecular flexibility index (Phi) is 12.2. The first-order chi connectivity index (χ1) is 32.1. The normalized spacial score (nSPS) is 32.0. The molecule has 356 valence electrons. The minimum Gasteiger partial charge on any atom is -0.508 e. The van der Waals surface area contributed by atoms with E-state index in [0.29, 0.717) is 53.6 Å². The van der Waals surface area contributed by atoms with Gasteiger partial charge in [0.2, 0.25) is 0 Å². The third-order valence-electron chi connectivity index (χ3n) is 15.0. The maximum atomic E-state index is 15.2. The molecule has 3 aromatic carbocycles. The summed E-state index contributed by atoms with van der Waals surface area (Å²) in [5.74, 6) is -9.72. The topological polar surface area (TPSA) is 307 Å². The molecule has 11 atom stereocenters. The molecule has 1 saturated heterocycles. The summed E-state index contributed by atoms with van der Waals surface area (Å²) < 4.78 is 11.1. The van der Waals surface area contributed by atoms with E-state index in [2.05, 4.69) is 9.97 Å². The molecule has 3 heterocycles. The third kappa shape index (κ3) is 7.29. The number of hydrogen-bond acceptors (Lipinski definition) is 15. The second-order valence-electron chi connectivity index (χ2n) is 18.4. The highest BCUT2D eigenvalue weighted by molar-refractivity contribution is 6.13. The van der Waals surface area contributed by atoms with Gasteiger partial charge in [-0.2, -0.15) is 0 Å².